The Morgan fingerprint density at radius 3 is 2.30 bits per heavy atom. The van der Waals surface area contributed by atoms with Crippen LogP contribution in [0.4, 0.5) is 4.79 Å². The summed E-state index contributed by atoms with van der Waals surface area (Å²) in [6.07, 6.45) is 3.72. The van der Waals surface area contributed by atoms with Crippen molar-refractivity contribution >= 4 is 12.0 Å². The van der Waals surface area contributed by atoms with Crippen molar-refractivity contribution < 1.29 is 14.7 Å². The van der Waals surface area contributed by atoms with Crippen LogP contribution in [0.25, 0.3) is 0 Å². The lowest BCUT2D eigenvalue weighted by Crippen LogP contribution is -2.53. The predicted octanol–water partition coefficient (Wildman–Crippen LogP) is 2.85. The van der Waals surface area contributed by atoms with Crippen molar-refractivity contribution in [1.82, 2.24) is 10.2 Å². The van der Waals surface area contributed by atoms with E-state index in [0.29, 0.717) is 11.8 Å². The Kier molecular flexibility index (Phi) is 5.42. The van der Waals surface area contributed by atoms with E-state index in [2.05, 4.69) is 19.2 Å². The van der Waals surface area contributed by atoms with E-state index in [4.69, 9.17) is 5.11 Å². The number of hydrogen-bond donors (Lipinski definition) is 2. The molecular weight excluding hydrogens is 256 g/mol. The smallest absolute Gasteiger partial charge is 0.317 e. The zero-order valence-corrected chi connectivity index (χ0v) is 13.2. The number of nitrogens with one attached hydrogen (secondary N) is 1. The fourth-order valence-electron chi connectivity index (χ4n) is 2.45. The number of carbonyl (C=O) groups is 2. The number of amides is 2. The Morgan fingerprint density at radius 2 is 1.85 bits per heavy atom. The first-order valence-corrected chi connectivity index (χ1v) is 7.46. The summed E-state index contributed by atoms with van der Waals surface area (Å²) in [5.41, 5.74) is -0.128. The molecule has 1 aliphatic heterocycles. The summed E-state index contributed by atoms with van der Waals surface area (Å²) < 4.78 is 0. The summed E-state index contributed by atoms with van der Waals surface area (Å²) >= 11 is 0. The zero-order chi connectivity index (χ0) is 15.4. The maximum Gasteiger partial charge on any atom is 0.317 e. The molecule has 116 valence electrons. The van der Waals surface area contributed by atoms with Crippen LogP contribution in [0, 0.1) is 5.41 Å². The minimum absolute atomic E-state index is 0.0706. The quantitative estimate of drug-likeness (QED) is 0.815. The monoisotopic (exact) mass is 284 g/mol. The Balaban J connectivity index is 2.45. The average molecular weight is 284 g/mol. The van der Waals surface area contributed by atoms with Crippen LogP contribution in [0.5, 0.6) is 0 Å². The van der Waals surface area contributed by atoms with Gasteiger partial charge in [-0.2, -0.15) is 0 Å². The van der Waals surface area contributed by atoms with Gasteiger partial charge >= 0.3 is 12.0 Å². The first-order valence-electron chi connectivity index (χ1n) is 7.46. The normalized spacial score (nSPS) is 18.7. The van der Waals surface area contributed by atoms with Crippen LogP contribution in [-0.2, 0) is 4.79 Å². The highest BCUT2D eigenvalue weighted by Crippen LogP contribution is 2.33. The number of hydrogen-bond acceptors (Lipinski definition) is 2. The van der Waals surface area contributed by atoms with E-state index in [9.17, 15) is 9.59 Å². The van der Waals surface area contributed by atoms with E-state index < -0.39 is 11.5 Å². The van der Waals surface area contributed by atoms with Gasteiger partial charge in [0.2, 0.25) is 0 Å². The van der Waals surface area contributed by atoms with Crippen LogP contribution < -0.4 is 5.32 Å². The Morgan fingerprint density at radius 1 is 1.30 bits per heavy atom. The molecule has 0 unspecified atom stereocenters. The minimum atomic E-state index is -0.830. The van der Waals surface area contributed by atoms with Gasteiger partial charge in [-0.05, 0) is 38.5 Å². The molecule has 20 heavy (non-hydrogen) atoms. The largest absolute Gasteiger partial charge is 0.481 e. The molecule has 0 aliphatic carbocycles. The molecule has 1 fully saturated rings. The van der Waals surface area contributed by atoms with Crippen LogP contribution in [0.3, 0.4) is 0 Å². The molecule has 0 aromatic rings. The van der Waals surface area contributed by atoms with E-state index >= 15 is 0 Å². The van der Waals surface area contributed by atoms with Crippen LogP contribution in [0.2, 0.25) is 0 Å². The zero-order valence-electron chi connectivity index (χ0n) is 13.2. The molecule has 5 heteroatoms. The molecule has 0 spiro atoms. The summed E-state index contributed by atoms with van der Waals surface area (Å²) in [6, 6.07) is -0.0708. The van der Waals surface area contributed by atoms with E-state index in [1.54, 1.807) is 0 Å². The second-order valence-corrected chi connectivity index (χ2v) is 6.86. The van der Waals surface area contributed by atoms with Crippen molar-refractivity contribution in [3.8, 4) is 0 Å². The van der Waals surface area contributed by atoms with Gasteiger partial charge < -0.3 is 15.3 Å². The third-order valence-electron chi connectivity index (χ3n) is 4.52. The molecule has 1 heterocycles. The average Bonchev–Trinajstić information content (AvgIpc) is 2.37. The van der Waals surface area contributed by atoms with Crippen LogP contribution in [0.1, 0.15) is 59.8 Å². The molecule has 1 rings (SSSR count). The summed E-state index contributed by atoms with van der Waals surface area (Å²) in [7, 11) is 0. The van der Waals surface area contributed by atoms with Crippen molar-refractivity contribution in [3.05, 3.63) is 0 Å². The Bertz CT molecular complexity index is 358. The maximum atomic E-state index is 12.2. The molecule has 1 aliphatic rings. The summed E-state index contributed by atoms with van der Waals surface area (Å²) in [5.74, 6) is -0.830. The summed E-state index contributed by atoms with van der Waals surface area (Å²) in [6.45, 7) is 9.78. The molecule has 0 aromatic heterocycles. The van der Waals surface area contributed by atoms with Gasteiger partial charge in [0.1, 0.15) is 0 Å². The standard InChI is InChI=1S/C15H28N2O3/c1-5-15(4)8-10-17(11-9-15)13(20)16-14(2,3)7-6-12(18)19/h5-11H2,1-4H3,(H,16,20)(H,18,19). The highest BCUT2D eigenvalue weighted by atomic mass is 16.4. The van der Waals surface area contributed by atoms with Crippen molar-refractivity contribution in [3.63, 3.8) is 0 Å². The first kappa shape index (κ1) is 16.8. The minimum Gasteiger partial charge on any atom is -0.481 e. The lowest BCUT2D eigenvalue weighted by atomic mass is 9.78. The number of aliphatic carboxylic acids is 1. The third kappa shape index (κ3) is 5.02. The maximum absolute atomic E-state index is 12.2. The molecule has 2 N–H and O–H groups in total. The molecule has 0 aromatic carbocycles. The highest BCUT2D eigenvalue weighted by molar-refractivity contribution is 5.75. The lowest BCUT2D eigenvalue weighted by molar-refractivity contribution is -0.137. The van der Waals surface area contributed by atoms with Gasteiger partial charge in [-0.1, -0.05) is 20.3 Å². The lowest BCUT2D eigenvalue weighted by Gasteiger charge is -2.40. The van der Waals surface area contributed by atoms with Crippen molar-refractivity contribution in [2.45, 2.75) is 65.3 Å². The number of carbonyl (C=O) groups excluding carboxylic acids is 1. The van der Waals surface area contributed by atoms with Crippen LogP contribution in [-0.4, -0.2) is 40.6 Å². The van der Waals surface area contributed by atoms with Crippen molar-refractivity contribution in [1.29, 1.82) is 0 Å². The van der Waals surface area contributed by atoms with Gasteiger partial charge in [0, 0.05) is 25.0 Å². The molecule has 0 atom stereocenters. The van der Waals surface area contributed by atoms with Gasteiger partial charge in [0.15, 0.2) is 0 Å². The first-order chi connectivity index (χ1) is 9.17. The predicted molar refractivity (Wildman–Crippen MR) is 78.7 cm³/mol. The molecular formula is C15H28N2O3. The molecule has 0 bridgehead atoms. The third-order valence-corrected chi connectivity index (χ3v) is 4.52. The topological polar surface area (TPSA) is 69.6 Å². The van der Waals surface area contributed by atoms with Crippen LogP contribution >= 0.6 is 0 Å². The van der Waals surface area contributed by atoms with E-state index in [1.165, 1.54) is 0 Å². The van der Waals surface area contributed by atoms with Crippen molar-refractivity contribution in [2.75, 3.05) is 13.1 Å². The Hall–Kier alpha value is -1.26. The second-order valence-electron chi connectivity index (χ2n) is 6.86. The molecule has 1 saturated heterocycles. The molecule has 5 nitrogen and oxygen atoms in total. The molecule has 0 radical (unpaired) electrons. The van der Waals surface area contributed by atoms with Gasteiger partial charge in [-0.15, -0.1) is 0 Å². The van der Waals surface area contributed by atoms with Gasteiger partial charge in [-0.25, -0.2) is 4.79 Å². The summed E-state index contributed by atoms with van der Waals surface area (Å²) in [4.78, 5) is 24.7. The number of nitrogens with zero attached hydrogens (tertiary/aromatic N) is 1. The van der Waals surface area contributed by atoms with E-state index in [-0.39, 0.29) is 12.5 Å². The fraction of sp³-hybridized carbons (Fsp3) is 0.867. The highest BCUT2D eigenvalue weighted by Gasteiger charge is 2.32. The molecule has 2 amide bonds. The number of likely N-dealkylation sites (tertiary alicyclic amines) is 1. The SMILES string of the molecule is CCC1(C)CCN(C(=O)NC(C)(C)CCC(=O)O)CC1. The van der Waals surface area contributed by atoms with Gasteiger partial charge in [-0.3, -0.25) is 4.79 Å². The Labute approximate surface area is 121 Å². The second kappa shape index (κ2) is 6.46. The van der Waals surface area contributed by atoms with Gasteiger partial charge in [0.05, 0.1) is 0 Å². The van der Waals surface area contributed by atoms with Crippen molar-refractivity contribution in [2.24, 2.45) is 5.41 Å². The number of carboxylic acid groups (broad SMARTS) is 1. The molecule has 0 saturated carbocycles. The number of carboxylic acids is 1. The number of urea groups is 1. The fourth-order valence-corrected chi connectivity index (χ4v) is 2.45. The van der Waals surface area contributed by atoms with Crippen LogP contribution in [0.15, 0.2) is 0 Å². The van der Waals surface area contributed by atoms with E-state index in [1.807, 2.05) is 18.7 Å². The summed E-state index contributed by atoms with van der Waals surface area (Å²) in [5, 5.41) is 11.7. The number of piperidine rings is 1. The number of rotatable bonds is 5. The van der Waals surface area contributed by atoms with Gasteiger partial charge in [0.25, 0.3) is 0 Å². The van der Waals surface area contributed by atoms with E-state index in [0.717, 1.165) is 32.4 Å².